The van der Waals surface area contributed by atoms with Crippen molar-refractivity contribution in [1.82, 2.24) is 0 Å². The van der Waals surface area contributed by atoms with Crippen LogP contribution < -0.4 is 0 Å². The summed E-state index contributed by atoms with van der Waals surface area (Å²) in [7, 11) is 0. The average Bonchev–Trinajstić information content (AvgIpc) is 4.13. The fourth-order valence-corrected chi connectivity index (χ4v) is 9.86. The summed E-state index contributed by atoms with van der Waals surface area (Å²) < 4.78 is 25.0. The van der Waals surface area contributed by atoms with E-state index in [-0.39, 0.29) is 0 Å². The number of rotatable bonds is 5. The highest BCUT2D eigenvalue weighted by Crippen LogP contribution is 2.41. The first kappa shape index (κ1) is 35.0. The maximum Gasteiger partial charge on any atom is 0.135 e. The zero-order valence-corrected chi connectivity index (χ0v) is 34.3. The van der Waals surface area contributed by atoms with Crippen molar-refractivity contribution in [2.75, 3.05) is 0 Å². The van der Waals surface area contributed by atoms with Crippen LogP contribution in [0.5, 0.6) is 0 Å². The van der Waals surface area contributed by atoms with Gasteiger partial charge in [0.15, 0.2) is 0 Å². The lowest BCUT2D eigenvalue weighted by Gasteiger charge is -2.13. The van der Waals surface area contributed by atoms with Crippen LogP contribution in [0, 0.1) is 0 Å². The molecule has 0 N–H and O–H groups in total. The van der Waals surface area contributed by atoms with Crippen molar-refractivity contribution >= 4 is 87.8 Å². The van der Waals surface area contributed by atoms with Gasteiger partial charge in [0, 0.05) is 43.1 Å². The molecule has 298 valence electrons. The van der Waals surface area contributed by atoms with E-state index in [2.05, 4.69) is 170 Å². The molecule has 64 heavy (non-hydrogen) atoms. The summed E-state index contributed by atoms with van der Waals surface area (Å²) in [5.41, 5.74) is 18.3. The molecule has 0 bridgehead atoms. The fraction of sp³-hybridized carbons (Fsp3) is 0. The van der Waals surface area contributed by atoms with Crippen molar-refractivity contribution in [3.05, 3.63) is 206 Å². The zero-order chi connectivity index (χ0) is 41.9. The van der Waals surface area contributed by atoms with Crippen molar-refractivity contribution in [2.45, 2.75) is 0 Å². The van der Waals surface area contributed by atoms with Crippen LogP contribution >= 0.6 is 0 Å². The summed E-state index contributed by atoms with van der Waals surface area (Å²) in [5, 5.41) is 8.84. The minimum Gasteiger partial charge on any atom is -0.456 e. The van der Waals surface area contributed by atoms with Crippen LogP contribution in [0.3, 0.4) is 0 Å². The van der Waals surface area contributed by atoms with Gasteiger partial charge in [0.1, 0.15) is 44.7 Å². The lowest BCUT2D eigenvalue weighted by Crippen LogP contribution is -1.87. The molecular formula is C60H34O4. The molecule has 4 heteroatoms. The Morgan fingerprint density at radius 2 is 0.391 bits per heavy atom. The van der Waals surface area contributed by atoms with E-state index in [1.54, 1.807) is 0 Å². The minimum atomic E-state index is 0.857. The topological polar surface area (TPSA) is 52.6 Å². The van der Waals surface area contributed by atoms with Gasteiger partial charge in [-0.1, -0.05) is 103 Å². The summed E-state index contributed by atoms with van der Waals surface area (Å²) in [5.74, 6) is 0. The zero-order valence-electron chi connectivity index (χ0n) is 34.3. The monoisotopic (exact) mass is 818 g/mol. The summed E-state index contributed by atoms with van der Waals surface area (Å²) in [6.07, 6.45) is 0. The lowest BCUT2D eigenvalue weighted by atomic mass is 9.91. The molecule has 4 nitrogen and oxygen atoms in total. The van der Waals surface area contributed by atoms with Gasteiger partial charge >= 0.3 is 0 Å². The third-order valence-electron chi connectivity index (χ3n) is 13.1. The van der Waals surface area contributed by atoms with Gasteiger partial charge in [-0.05, 0) is 159 Å². The Hall–Kier alpha value is -8.60. The Morgan fingerprint density at radius 3 is 0.734 bits per heavy atom. The van der Waals surface area contributed by atoms with Gasteiger partial charge in [0.25, 0.3) is 0 Å². The first-order chi connectivity index (χ1) is 31.6. The van der Waals surface area contributed by atoms with Crippen LogP contribution in [0.4, 0.5) is 0 Å². The molecule has 4 heterocycles. The first-order valence-electron chi connectivity index (χ1n) is 21.6. The predicted octanol–water partition coefficient (Wildman–Crippen LogP) is 17.6. The SMILES string of the molecule is c1cc(-c2cc(-c3ccc4oc5ccccc5c4c3)cc(-c3ccc4oc5ccc(-c6ccc7oc8ccccc8c7c6)cc5c4c3)c2)cc(-c2ccc3oc4ccccc4c3c2)c1. The van der Waals surface area contributed by atoms with E-state index in [1.807, 2.05) is 36.4 Å². The molecule has 0 radical (unpaired) electrons. The van der Waals surface area contributed by atoms with Crippen LogP contribution in [0.2, 0.25) is 0 Å². The second kappa shape index (κ2) is 13.4. The van der Waals surface area contributed by atoms with Crippen molar-refractivity contribution in [3.63, 3.8) is 0 Å². The van der Waals surface area contributed by atoms with Crippen LogP contribution in [-0.2, 0) is 0 Å². The van der Waals surface area contributed by atoms with E-state index in [9.17, 15) is 0 Å². The molecule has 0 aliphatic carbocycles. The Bertz CT molecular complexity index is 4210. The van der Waals surface area contributed by atoms with Gasteiger partial charge < -0.3 is 17.7 Å². The van der Waals surface area contributed by atoms with Crippen LogP contribution in [0.15, 0.2) is 224 Å². The van der Waals surface area contributed by atoms with E-state index in [0.29, 0.717) is 0 Å². The Kier molecular flexibility index (Phi) is 7.36. The maximum atomic E-state index is 6.47. The Balaban J connectivity index is 0.919. The molecule has 0 saturated carbocycles. The van der Waals surface area contributed by atoms with E-state index < -0.39 is 0 Å². The van der Waals surface area contributed by atoms with Gasteiger partial charge in [0.2, 0.25) is 0 Å². The van der Waals surface area contributed by atoms with E-state index >= 15 is 0 Å². The standard InChI is InChI=1S/C60H34O4/c1-4-13-53-45(10-1)48-30-37(16-21-56(48)61-53)35-8-7-9-36(26-35)42-27-43(40-19-24-58-50(33-40)47-12-3-6-15-55(47)63-58)29-44(28-42)41-20-25-60-52(34-41)51-32-39(18-23-59(51)64-60)38-17-22-57-49(31-38)46-11-2-5-14-54(46)62-57/h1-34H. The predicted molar refractivity (Wildman–Crippen MR) is 263 cm³/mol. The van der Waals surface area contributed by atoms with Gasteiger partial charge in [-0.2, -0.15) is 0 Å². The van der Waals surface area contributed by atoms with Crippen LogP contribution in [-0.4, -0.2) is 0 Å². The van der Waals surface area contributed by atoms with Crippen molar-refractivity contribution in [1.29, 1.82) is 0 Å². The molecule has 0 amide bonds. The Labute approximate surface area is 365 Å². The van der Waals surface area contributed by atoms with Crippen molar-refractivity contribution in [3.8, 4) is 55.6 Å². The number of hydrogen-bond acceptors (Lipinski definition) is 4. The first-order valence-corrected chi connectivity index (χ1v) is 21.6. The van der Waals surface area contributed by atoms with Gasteiger partial charge in [-0.15, -0.1) is 0 Å². The van der Waals surface area contributed by atoms with E-state index in [0.717, 1.165) is 143 Å². The van der Waals surface area contributed by atoms with E-state index in [1.165, 1.54) is 0 Å². The van der Waals surface area contributed by atoms with Crippen LogP contribution in [0.1, 0.15) is 0 Å². The smallest absolute Gasteiger partial charge is 0.135 e. The molecule has 0 aliphatic rings. The molecule has 0 fully saturated rings. The number of furan rings is 4. The highest BCUT2D eigenvalue weighted by Gasteiger charge is 2.16. The summed E-state index contributed by atoms with van der Waals surface area (Å²) in [4.78, 5) is 0. The summed E-state index contributed by atoms with van der Waals surface area (Å²) in [6.45, 7) is 0. The Morgan fingerprint density at radius 1 is 0.156 bits per heavy atom. The minimum absolute atomic E-state index is 0.857. The number of fused-ring (bicyclic) bond motifs is 12. The quantitative estimate of drug-likeness (QED) is 0.174. The maximum absolute atomic E-state index is 6.47. The largest absolute Gasteiger partial charge is 0.456 e. The van der Waals surface area contributed by atoms with Gasteiger partial charge in [-0.3, -0.25) is 0 Å². The highest BCUT2D eigenvalue weighted by molar-refractivity contribution is 6.11. The molecule has 0 spiro atoms. The van der Waals surface area contributed by atoms with Gasteiger partial charge in [-0.25, -0.2) is 0 Å². The fourth-order valence-electron chi connectivity index (χ4n) is 9.86. The van der Waals surface area contributed by atoms with E-state index in [4.69, 9.17) is 17.7 Å². The molecule has 14 rings (SSSR count). The lowest BCUT2D eigenvalue weighted by molar-refractivity contribution is 0.668. The summed E-state index contributed by atoms with van der Waals surface area (Å²) in [6, 6.07) is 73.1. The summed E-state index contributed by atoms with van der Waals surface area (Å²) >= 11 is 0. The average molecular weight is 819 g/mol. The van der Waals surface area contributed by atoms with Crippen LogP contribution in [0.25, 0.3) is 143 Å². The third kappa shape index (κ3) is 5.49. The second-order valence-electron chi connectivity index (χ2n) is 16.8. The molecule has 14 aromatic rings. The number of para-hydroxylation sites is 3. The second-order valence-corrected chi connectivity index (χ2v) is 16.8. The third-order valence-corrected chi connectivity index (χ3v) is 13.1. The normalized spacial score (nSPS) is 12.1. The molecule has 0 atom stereocenters. The number of hydrogen-bond donors (Lipinski definition) is 0. The van der Waals surface area contributed by atoms with Crippen molar-refractivity contribution < 1.29 is 17.7 Å². The molecular weight excluding hydrogens is 785 g/mol. The van der Waals surface area contributed by atoms with Crippen molar-refractivity contribution in [2.24, 2.45) is 0 Å². The molecule has 10 aromatic carbocycles. The molecule has 0 saturated heterocycles. The highest BCUT2D eigenvalue weighted by atomic mass is 16.3. The molecule has 4 aromatic heterocycles. The molecule has 0 unspecified atom stereocenters. The number of benzene rings is 10. The van der Waals surface area contributed by atoms with Gasteiger partial charge in [0.05, 0.1) is 0 Å². The molecule has 0 aliphatic heterocycles.